The highest BCUT2D eigenvalue weighted by atomic mass is 16.5. The predicted molar refractivity (Wildman–Crippen MR) is 82.6 cm³/mol. The van der Waals surface area contributed by atoms with E-state index in [-0.39, 0.29) is 34.4 Å². The minimum absolute atomic E-state index is 0.0245. The van der Waals surface area contributed by atoms with Gasteiger partial charge in [-0.25, -0.2) is 0 Å². The van der Waals surface area contributed by atoms with E-state index in [9.17, 15) is 9.59 Å². The van der Waals surface area contributed by atoms with Gasteiger partial charge in [0.05, 0.1) is 12.5 Å². The summed E-state index contributed by atoms with van der Waals surface area (Å²) in [6.45, 7) is 12.3. The highest BCUT2D eigenvalue weighted by Crippen LogP contribution is 2.65. The van der Waals surface area contributed by atoms with Crippen LogP contribution in [0.4, 0.5) is 0 Å². The van der Waals surface area contributed by atoms with Crippen molar-refractivity contribution < 1.29 is 14.3 Å². The standard InChI is InChI=1S/C18H26O3/c1-6-8-12(16(20)21-7-2)11-13-14-9-10-18(5,15(13)19)17(14,3)4/h6,11-12,14H,1,7-10H2,2-5H3/b13-11+/t12-,14+,18+/m1/s1. The van der Waals surface area contributed by atoms with Crippen LogP contribution in [0.15, 0.2) is 24.3 Å². The maximum absolute atomic E-state index is 12.8. The lowest BCUT2D eigenvalue weighted by Gasteiger charge is -2.31. The molecule has 2 bridgehead atoms. The molecule has 3 heteroatoms. The third-order valence-electron chi connectivity index (χ3n) is 5.76. The quantitative estimate of drug-likeness (QED) is 0.440. The van der Waals surface area contributed by atoms with Crippen molar-refractivity contribution in [3.05, 3.63) is 24.3 Å². The molecule has 3 nitrogen and oxygen atoms in total. The van der Waals surface area contributed by atoms with Crippen LogP contribution >= 0.6 is 0 Å². The molecule has 2 aliphatic rings. The monoisotopic (exact) mass is 290 g/mol. The number of esters is 1. The lowest BCUT2D eigenvalue weighted by atomic mass is 9.70. The van der Waals surface area contributed by atoms with Crippen LogP contribution in [0.25, 0.3) is 0 Å². The van der Waals surface area contributed by atoms with E-state index in [1.165, 1.54) is 0 Å². The molecule has 2 saturated carbocycles. The van der Waals surface area contributed by atoms with E-state index in [1.807, 2.05) is 6.08 Å². The molecule has 21 heavy (non-hydrogen) atoms. The van der Waals surface area contributed by atoms with Crippen LogP contribution in [0.2, 0.25) is 0 Å². The smallest absolute Gasteiger partial charge is 0.313 e. The molecule has 0 N–H and O–H groups in total. The van der Waals surface area contributed by atoms with Crippen molar-refractivity contribution in [2.24, 2.45) is 22.7 Å². The molecule has 0 saturated heterocycles. The van der Waals surface area contributed by atoms with Gasteiger partial charge in [0.15, 0.2) is 5.78 Å². The maximum Gasteiger partial charge on any atom is 0.313 e. The zero-order valence-corrected chi connectivity index (χ0v) is 13.6. The number of allylic oxidation sites excluding steroid dienone is 2. The van der Waals surface area contributed by atoms with Crippen LogP contribution in [-0.2, 0) is 14.3 Å². The molecule has 0 amide bonds. The van der Waals surface area contributed by atoms with Crippen molar-refractivity contribution in [2.45, 2.75) is 47.0 Å². The van der Waals surface area contributed by atoms with Gasteiger partial charge in [0, 0.05) is 5.41 Å². The fourth-order valence-corrected chi connectivity index (χ4v) is 4.00. The van der Waals surface area contributed by atoms with Gasteiger partial charge < -0.3 is 4.74 Å². The molecule has 0 radical (unpaired) electrons. The van der Waals surface area contributed by atoms with Crippen molar-refractivity contribution in [1.82, 2.24) is 0 Å². The summed E-state index contributed by atoms with van der Waals surface area (Å²) in [6.07, 6.45) is 6.07. The van der Waals surface area contributed by atoms with Crippen molar-refractivity contribution in [1.29, 1.82) is 0 Å². The Morgan fingerprint density at radius 3 is 2.62 bits per heavy atom. The van der Waals surface area contributed by atoms with Crippen LogP contribution in [0.5, 0.6) is 0 Å². The Bertz CT molecular complexity index is 501. The average Bonchev–Trinajstić information content (AvgIpc) is 2.72. The predicted octanol–water partition coefficient (Wildman–Crippen LogP) is 3.69. The first-order chi connectivity index (χ1) is 9.79. The summed E-state index contributed by atoms with van der Waals surface area (Å²) in [5, 5.41) is 0. The highest BCUT2D eigenvalue weighted by Gasteiger charge is 2.63. The van der Waals surface area contributed by atoms with E-state index in [2.05, 4.69) is 27.4 Å². The molecule has 2 fully saturated rings. The Morgan fingerprint density at radius 2 is 2.14 bits per heavy atom. The van der Waals surface area contributed by atoms with Crippen molar-refractivity contribution in [3.8, 4) is 0 Å². The molecule has 0 spiro atoms. The average molecular weight is 290 g/mol. The first-order valence-electron chi connectivity index (χ1n) is 7.83. The lowest BCUT2D eigenvalue weighted by Crippen LogP contribution is -2.32. The van der Waals surface area contributed by atoms with Gasteiger partial charge in [-0.15, -0.1) is 6.58 Å². The Labute approximate surface area is 127 Å². The van der Waals surface area contributed by atoms with Gasteiger partial charge in [-0.1, -0.05) is 32.9 Å². The zero-order valence-electron chi connectivity index (χ0n) is 13.6. The van der Waals surface area contributed by atoms with Gasteiger partial charge >= 0.3 is 5.97 Å². The Morgan fingerprint density at radius 1 is 1.48 bits per heavy atom. The Hall–Kier alpha value is -1.38. The van der Waals surface area contributed by atoms with Gasteiger partial charge in [0.2, 0.25) is 0 Å². The molecule has 0 unspecified atom stereocenters. The number of hydrogen-bond donors (Lipinski definition) is 0. The van der Waals surface area contributed by atoms with E-state index in [0.29, 0.717) is 13.0 Å². The molecular weight excluding hydrogens is 264 g/mol. The molecule has 2 aliphatic carbocycles. The van der Waals surface area contributed by atoms with Gasteiger partial charge in [-0.2, -0.15) is 0 Å². The summed E-state index contributed by atoms with van der Waals surface area (Å²) < 4.78 is 5.12. The number of ketones is 1. The van der Waals surface area contributed by atoms with Crippen LogP contribution in [0, 0.1) is 22.7 Å². The van der Waals surface area contributed by atoms with E-state index < -0.39 is 0 Å². The molecule has 116 valence electrons. The number of hydrogen-bond acceptors (Lipinski definition) is 3. The highest BCUT2D eigenvalue weighted by molar-refractivity contribution is 6.05. The Kier molecular flexibility index (Phi) is 4.14. The number of ether oxygens (including phenoxy) is 1. The third kappa shape index (κ3) is 2.27. The van der Waals surface area contributed by atoms with Crippen molar-refractivity contribution >= 4 is 11.8 Å². The molecule has 0 aromatic heterocycles. The number of fused-ring (bicyclic) bond motifs is 2. The molecule has 3 atom stereocenters. The Balaban J connectivity index is 2.34. The molecule has 0 aliphatic heterocycles. The number of carbonyl (C=O) groups excluding carboxylic acids is 2. The number of carbonyl (C=O) groups is 2. The number of Topliss-reactive ketones (excluding diaryl/α,β-unsaturated/α-hetero) is 1. The fourth-order valence-electron chi connectivity index (χ4n) is 4.00. The van der Waals surface area contributed by atoms with Crippen LogP contribution in [-0.4, -0.2) is 18.4 Å². The topological polar surface area (TPSA) is 43.4 Å². The number of rotatable bonds is 5. The first kappa shape index (κ1) is 16.0. The molecule has 2 rings (SSSR count). The summed E-state index contributed by atoms with van der Waals surface area (Å²) in [4.78, 5) is 24.8. The van der Waals surface area contributed by atoms with Gasteiger partial charge in [-0.05, 0) is 43.1 Å². The van der Waals surface area contributed by atoms with Crippen molar-refractivity contribution in [2.75, 3.05) is 6.61 Å². The van der Waals surface area contributed by atoms with Gasteiger partial charge in [0.1, 0.15) is 0 Å². The molecule has 0 heterocycles. The maximum atomic E-state index is 12.8. The summed E-state index contributed by atoms with van der Waals surface area (Å²) >= 11 is 0. The largest absolute Gasteiger partial charge is 0.466 e. The van der Waals surface area contributed by atoms with E-state index in [0.717, 1.165) is 18.4 Å². The van der Waals surface area contributed by atoms with Gasteiger partial charge in [0.25, 0.3) is 0 Å². The second-order valence-electron chi connectivity index (χ2n) is 6.98. The lowest BCUT2D eigenvalue weighted by molar-refractivity contribution is -0.146. The van der Waals surface area contributed by atoms with Crippen LogP contribution in [0.3, 0.4) is 0 Å². The first-order valence-corrected chi connectivity index (χ1v) is 7.83. The molecular formula is C18H26O3. The van der Waals surface area contributed by atoms with Crippen LogP contribution < -0.4 is 0 Å². The van der Waals surface area contributed by atoms with E-state index in [1.54, 1.807) is 13.0 Å². The SMILES string of the molecule is C=CC[C@H](/C=C1/C(=O)[C@]2(C)CC[C@@H]1C2(C)C)C(=O)OCC. The minimum atomic E-state index is -0.389. The summed E-state index contributed by atoms with van der Waals surface area (Å²) in [5.74, 6) is -0.164. The normalized spacial score (nSPS) is 33.2. The van der Waals surface area contributed by atoms with Crippen molar-refractivity contribution in [3.63, 3.8) is 0 Å². The third-order valence-corrected chi connectivity index (χ3v) is 5.76. The van der Waals surface area contributed by atoms with Crippen LogP contribution in [0.1, 0.15) is 47.0 Å². The fraction of sp³-hybridized carbons (Fsp3) is 0.667. The minimum Gasteiger partial charge on any atom is -0.466 e. The second kappa shape index (κ2) is 5.43. The summed E-state index contributed by atoms with van der Waals surface area (Å²) in [7, 11) is 0. The zero-order chi connectivity index (χ0) is 15.8. The molecule has 0 aromatic carbocycles. The second-order valence-corrected chi connectivity index (χ2v) is 6.98. The summed E-state index contributed by atoms with van der Waals surface area (Å²) in [5.41, 5.74) is 0.536. The van der Waals surface area contributed by atoms with Gasteiger partial charge in [-0.3, -0.25) is 9.59 Å². The van der Waals surface area contributed by atoms with E-state index >= 15 is 0 Å². The molecule has 0 aromatic rings. The summed E-state index contributed by atoms with van der Waals surface area (Å²) in [6, 6.07) is 0. The van der Waals surface area contributed by atoms with E-state index in [4.69, 9.17) is 4.74 Å².